The van der Waals surface area contributed by atoms with Gasteiger partial charge < -0.3 is 5.32 Å². The third kappa shape index (κ3) is 3.32. The van der Waals surface area contributed by atoms with E-state index in [2.05, 4.69) is 5.32 Å². The maximum Gasteiger partial charge on any atom is 0.497 e. The molecule has 0 aliphatic rings. The normalized spacial score (nSPS) is 12.4. The molecule has 2 aromatic rings. The quantitative estimate of drug-likeness (QED) is 0.880. The Labute approximate surface area is 136 Å². The van der Waals surface area contributed by atoms with E-state index in [4.69, 9.17) is 0 Å². The molecule has 1 heterocycles. The van der Waals surface area contributed by atoms with Crippen molar-refractivity contribution in [1.29, 1.82) is 0 Å². The largest absolute Gasteiger partial charge is 0.497 e. The second-order valence-corrected chi connectivity index (χ2v) is 7.23. The van der Waals surface area contributed by atoms with Gasteiger partial charge >= 0.3 is 5.51 Å². The van der Waals surface area contributed by atoms with Gasteiger partial charge in [-0.25, -0.2) is 13.1 Å². The van der Waals surface area contributed by atoms with Gasteiger partial charge in [-0.1, -0.05) is 18.2 Å². The van der Waals surface area contributed by atoms with Crippen molar-refractivity contribution >= 4 is 15.5 Å². The topological polar surface area (TPSA) is 73.1 Å². The van der Waals surface area contributed by atoms with E-state index in [9.17, 15) is 26.4 Å². The summed E-state index contributed by atoms with van der Waals surface area (Å²) < 4.78 is 62.0. The van der Waals surface area contributed by atoms with E-state index in [0.717, 1.165) is 0 Å². The number of hydrogen-bond acceptors (Lipinski definition) is 4. The maximum atomic E-state index is 12.5. The Balaban J connectivity index is 2.26. The van der Waals surface area contributed by atoms with Crippen molar-refractivity contribution in [2.75, 3.05) is 17.6 Å². The molecule has 1 aromatic heterocycles. The van der Waals surface area contributed by atoms with Crippen molar-refractivity contribution in [2.24, 2.45) is 7.05 Å². The molecule has 0 aliphatic carbocycles. The summed E-state index contributed by atoms with van der Waals surface area (Å²) in [5.74, 6) is -1.14. The zero-order valence-corrected chi connectivity index (χ0v) is 13.8. The number of para-hydroxylation sites is 1. The summed E-state index contributed by atoms with van der Waals surface area (Å²) in [5, 5.41) is 2.51. The average molecular weight is 363 g/mol. The van der Waals surface area contributed by atoms with Gasteiger partial charge in [-0.3, -0.25) is 9.48 Å². The lowest BCUT2D eigenvalue weighted by atomic mass is 10.3. The van der Waals surface area contributed by atoms with Gasteiger partial charge in [-0.05, 0) is 19.1 Å². The molecule has 1 aromatic carbocycles. The van der Waals surface area contributed by atoms with Gasteiger partial charge in [-0.15, -0.1) is 0 Å². The molecule has 1 N–H and O–H groups in total. The van der Waals surface area contributed by atoms with Crippen LogP contribution in [0.15, 0.2) is 35.1 Å². The summed E-state index contributed by atoms with van der Waals surface area (Å²) in [5.41, 5.74) is -4.63. The van der Waals surface area contributed by atoms with Gasteiger partial charge in [0, 0.05) is 13.6 Å². The second kappa shape index (κ2) is 6.34. The molecule has 0 spiro atoms. The van der Waals surface area contributed by atoms with E-state index in [1.54, 1.807) is 44.3 Å². The summed E-state index contributed by atoms with van der Waals surface area (Å²) in [6.45, 7) is 1.10. The van der Waals surface area contributed by atoms with Crippen LogP contribution in [0, 0.1) is 6.92 Å². The molecule has 6 nitrogen and oxygen atoms in total. The van der Waals surface area contributed by atoms with Crippen molar-refractivity contribution in [2.45, 2.75) is 12.4 Å². The Morgan fingerprint density at radius 2 is 1.75 bits per heavy atom. The predicted molar refractivity (Wildman–Crippen MR) is 84.1 cm³/mol. The Morgan fingerprint density at radius 1 is 1.17 bits per heavy atom. The standard InChI is InChI=1S/C14H16F3N3O3S/c1-10-12(18-8-9-24(22,23)14(15,16)17)13(21)20(19(10)2)11-6-4-3-5-7-11/h3-7,18H,8-9H2,1-2H3. The van der Waals surface area contributed by atoms with E-state index < -0.39 is 33.2 Å². The van der Waals surface area contributed by atoms with Crippen LogP contribution in [0.2, 0.25) is 0 Å². The lowest BCUT2D eigenvalue weighted by Crippen LogP contribution is -2.30. The van der Waals surface area contributed by atoms with Gasteiger partial charge in [-0.2, -0.15) is 13.2 Å². The van der Waals surface area contributed by atoms with Gasteiger partial charge in [0.1, 0.15) is 5.69 Å². The first kappa shape index (κ1) is 18.1. The van der Waals surface area contributed by atoms with Crippen molar-refractivity contribution in [3.63, 3.8) is 0 Å². The van der Waals surface area contributed by atoms with Crippen LogP contribution in [0.4, 0.5) is 18.9 Å². The number of rotatable bonds is 5. The van der Waals surface area contributed by atoms with E-state index >= 15 is 0 Å². The fourth-order valence-electron chi connectivity index (χ4n) is 2.20. The number of halogens is 3. The molecule has 132 valence electrons. The monoisotopic (exact) mass is 363 g/mol. The molecular weight excluding hydrogens is 347 g/mol. The number of aromatic nitrogens is 2. The number of sulfone groups is 1. The molecule has 0 unspecified atom stereocenters. The van der Waals surface area contributed by atoms with E-state index in [1.807, 2.05) is 0 Å². The number of anilines is 1. The molecule has 0 bridgehead atoms. The van der Waals surface area contributed by atoms with E-state index in [0.29, 0.717) is 11.4 Å². The van der Waals surface area contributed by atoms with Crippen LogP contribution in [-0.2, 0) is 16.9 Å². The van der Waals surface area contributed by atoms with Crippen molar-refractivity contribution in [1.82, 2.24) is 9.36 Å². The maximum absolute atomic E-state index is 12.5. The van der Waals surface area contributed by atoms with Crippen LogP contribution in [0.5, 0.6) is 0 Å². The molecule has 0 aliphatic heterocycles. The molecule has 0 saturated heterocycles. The summed E-state index contributed by atoms with van der Waals surface area (Å²) in [4.78, 5) is 12.5. The number of nitrogens with zero attached hydrogens (tertiary/aromatic N) is 2. The highest BCUT2D eigenvalue weighted by Gasteiger charge is 2.44. The minimum absolute atomic E-state index is 0.0683. The number of hydrogen-bond donors (Lipinski definition) is 1. The van der Waals surface area contributed by atoms with E-state index in [1.165, 1.54) is 9.36 Å². The Kier molecular flexibility index (Phi) is 4.79. The van der Waals surface area contributed by atoms with Crippen molar-refractivity contribution < 1.29 is 21.6 Å². The Hall–Kier alpha value is -2.23. The third-order valence-electron chi connectivity index (χ3n) is 3.58. The van der Waals surface area contributed by atoms with Crippen LogP contribution in [0.3, 0.4) is 0 Å². The highest BCUT2D eigenvalue weighted by Crippen LogP contribution is 2.23. The van der Waals surface area contributed by atoms with Crippen LogP contribution in [-0.4, -0.2) is 35.6 Å². The highest BCUT2D eigenvalue weighted by molar-refractivity contribution is 7.92. The molecule has 0 amide bonds. The third-order valence-corrected chi connectivity index (χ3v) is 5.03. The molecule has 0 saturated carbocycles. The average Bonchev–Trinajstić information content (AvgIpc) is 2.70. The highest BCUT2D eigenvalue weighted by atomic mass is 32.2. The molecule has 10 heteroatoms. The number of benzene rings is 1. The zero-order valence-electron chi connectivity index (χ0n) is 13.0. The molecule has 0 fully saturated rings. The summed E-state index contributed by atoms with van der Waals surface area (Å²) in [7, 11) is -3.60. The fraction of sp³-hybridized carbons (Fsp3) is 0.357. The number of alkyl halides is 3. The first-order valence-electron chi connectivity index (χ1n) is 6.93. The Morgan fingerprint density at radius 3 is 2.29 bits per heavy atom. The first-order valence-corrected chi connectivity index (χ1v) is 8.58. The second-order valence-electron chi connectivity index (χ2n) is 5.13. The van der Waals surface area contributed by atoms with Gasteiger partial charge in [0.15, 0.2) is 0 Å². The van der Waals surface area contributed by atoms with Crippen molar-refractivity contribution in [3.8, 4) is 5.69 Å². The SMILES string of the molecule is Cc1c(NCCS(=O)(=O)C(F)(F)F)c(=O)n(-c2ccccc2)n1C. The lowest BCUT2D eigenvalue weighted by Gasteiger charge is -2.08. The lowest BCUT2D eigenvalue weighted by molar-refractivity contribution is -0.0434. The smallest absolute Gasteiger partial charge is 0.378 e. The predicted octanol–water partition coefficient (Wildman–Crippen LogP) is 1.83. The summed E-state index contributed by atoms with van der Waals surface area (Å²) in [6.07, 6.45) is 0. The van der Waals surface area contributed by atoms with Crippen LogP contribution >= 0.6 is 0 Å². The van der Waals surface area contributed by atoms with Crippen LogP contribution in [0.25, 0.3) is 5.69 Å². The van der Waals surface area contributed by atoms with Gasteiger partial charge in [0.05, 0.1) is 17.1 Å². The van der Waals surface area contributed by atoms with E-state index in [-0.39, 0.29) is 5.69 Å². The van der Waals surface area contributed by atoms with Gasteiger partial charge in [0.25, 0.3) is 5.56 Å². The molecule has 0 atom stereocenters. The zero-order chi connectivity index (χ0) is 18.1. The Bertz CT molecular complexity index is 884. The van der Waals surface area contributed by atoms with Crippen LogP contribution in [0.1, 0.15) is 5.69 Å². The van der Waals surface area contributed by atoms with Gasteiger partial charge in [0.2, 0.25) is 9.84 Å². The molecule has 24 heavy (non-hydrogen) atoms. The molecular formula is C14H16F3N3O3S. The number of nitrogens with one attached hydrogen (secondary N) is 1. The minimum atomic E-state index is -5.30. The minimum Gasteiger partial charge on any atom is -0.378 e. The summed E-state index contributed by atoms with van der Waals surface area (Å²) in [6, 6.07) is 8.68. The van der Waals surface area contributed by atoms with Crippen molar-refractivity contribution in [3.05, 3.63) is 46.4 Å². The first-order chi connectivity index (χ1) is 11.1. The summed E-state index contributed by atoms with van der Waals surface area (Å²) >= 11 is 0. The van der Waals surface area contributed by atoms with Crippen LogP contribution < -0.4 is 10.9 Å². The molecule has 0 radical (unpaired) electrons. The fourth-order valence-corrected chi connectivity index (χ4v) is 2.80. The molecule has 2 rings (SSSR count).